The molecule has 0 N–H and O–H groups in total. The molecule has 1 atom stereocenters. The van der Waals surface area contributed by atoms with E-state index in [1.807, 2.05) is 55.5 Å². The molecular weight excluding hydrogens is 236 g/mol. The lowest BCUT2D eigenvalue weighted by atomic mass is 9.86. The molecular formula is C17H16O2. The number of rotatable bonds is 2. The summed E-state index contributed by atoms with van der Waals surface area (Å²) in [6.07, 6.45) is 0.754. The van der Waals surface area contributed by atoms with Crippen molar-refractivity contribution in [2.75, 3.05) is 6.61 Å². The number of hydrogen-bond donors (Lipinski definition) is 0. The van der Waals surface area contributed by atoms with E-state index in [2.05, 4.69) is 0 Å². The molecule has 0 fully saturated rings. The van der Waals surface area contributed by atoms with Crippen LogP contribution in [0.15, 0.2) is 48.5 Å². The van der Waals surface area contributed by atoms with Gasteiger partial charge in [-0.05, 0) is 19.4 Å². The molecule has 1 aliphatic rings. The van der Waals surface area contributed by atoms with Crippen molar-refractivity contribution in [1.82, 2.24) is 0 Å². The zero-order valence-electron chi connectivity index (χ0n) is 10.9. The zero-order valence-corrected chi connectivity index (χ0v) is 10.9. The molecule has 2 nitrogen and oxygen atoms in total. The summed E-state index contributed by atoms with van der Waals surface area (Å²) >= 11 is 0. The number of carbonyl (C=O) groups is 1. The molecule has 0 saturated carbocycles. The Hall–Kier alpha value is -2.09. The van der Waals surface area contributed by atoms with Crippen LogP contribution in [0.25, 0.3) is 0 Å². The van der Waals surface area contributed by atoms with E-state index in [-0.39, 0.29) is 11.7 Å². The SMILES string of the molecule is Cc1ccc(C(=O)C2CCOc3ccccc32)cc1. The van der Waals surface area contributed by atoms with Gasteiger partial charge in [0.05, 0.1) is 12.5 Å². The van der Waals surface area contributed by atoms with E-state index >= 15 is 0 Å². The minimum absolute atomic E-state index is 0.0762. The summed E-state index contributed by atoms with van der Waals surface area (Å²) in [5.74, 6) is 0.961. The Bertz CT molecular complexity index is 599. The third-order valence-corrected chi connectivity index (χ3v) is 3.61. The lowest BCUT2D eigenvalue weighted by molar-refractivity contribution is 0.0933. The average Bonchev–Trinajstić information content (AvgIpc) is 2.47. The van der Waals surface area contributed by atoms with Gasteiger partial charge in [0.15, 0.2) is 5.78 Å². The fourth-order valence-corrected chi connectivity index (χ4v) is 2.53. The number of para-hydroxylation sites is 1. The molecule has 1 unspecified atom stereocenters. The van der Waals surface area contributed by atoms with Gasteiger partial charge in [-0.1, -0.05) is 48.0 Å². The Kier molecular flexibility index (Phi) is 3.08. The Morgan fingerprint density at radius 2 is 1.84 bits per heavy atom. The maximum absolute atomic E-state index is 12.6. The Morgan fingerprint density at radius 3 is 2.63 bits per heavy atom. The van der Waals surface area contributed by atoms with Crippen molar-refractivity contribution in [2.45, 2.75) is 19.3 Å². The molecule has 0 radical (unpaired) electrons. The summed E-state index contributed by atoms with van der Waals surface area (Å²) < 4.78 is 5.61. The molecule has 2 aromatic carbocycles. The lowest BCUT2D eigenvalue weighted by Gasteiger charge is -2.24. The van der Waals surface area contributed by atoms with Crippen LogP contribution >= 0.6 is 0 Å². The third kappa shape index (κ3) is 2.26. The number of fused-ring (bicyclic) bond motifs is 1. The van der Waals surface area contributed by atoms with Crippen LogP contribution in [0.4, 0.5) is 0 Å². The first-order valence-electron chi connectivity index (χ1n) is 6.58. The van der Waals surface area contributed by atoms with Gasteiger partial charge in [-0.15, -0.1) is 0 Å². The molecule has 96 valence electrons. The second-order valence-electron chi connectivity index (χ2n) is 4.96. The molecule has 1 aliphatic heterocycles. The Morgan fingerprint density at radius 1 is 1.11 bits per heavy atom. The van der Waals surface area contributed by atoms with Crippen molar-refractivity contribution in [1.29, 1.82) is 0 Å². The van der Waals surface area contributed by atoms with Gasteiger partial charge >= 0.3 is 0 Å². The highest BCUT2D eigenvalue weighted by atomic mass is 16.5. The molecule has 1 heterocycles. The van der Waals surface area contributed by atoms with Crippen molar-refractivity contribution in [2.24, 2.45) is 0 Å². The van der Waals surface area contributed by atoms with Gasteiger partial charge in [0.2, 0.25) is 0 Å². The van der Waals surface area contributed by atoms with E-state index in [9.17, 15) is 4.79 Å². The van der Waals surface area contributed by atoms with E-state index in [1.165, 1.54) is 5.56 Å². The van der Waals surface area contributed by atoms with Crippen LogP contribution in [-0.4, -0.2) is 12.4 Å². The highest BCUT2D eigenvalue weighted by molar-refractivity contribution is 6.01. The van der Waals surface area contributed by atoms with E-state index in [1.54, 1.807) is 0 Å². The van der Waals surface area contributed by atoms with Crippen LogP contribution in [0, 0.1) is 6.92 Å². The van der Waals surface area contributed by atoms with Crippen LogP contribution in [-0.2, 0) is 0 Å². The number of ketones is 1. The molecule has 0 spiro atoms. The van der Waals surface area contributed by atoms with Gasteiger partial charge in [0.1, 0.15) is 5.75 Å². The molecule has 0 aliphatic carbocycles. The second kappa shape index (κ2) is 4.88. The van der Waals surface area contributed by atoms with Crippen molar-refractivity contribution >= 4 is 5.78 Å². The first kappa shape index (κ1) is 12.0. The van der Waals surface area contributed by atoms with Crippen LogP contribution in [0.5, 0.6) is 5.75 Å². The molecule has 2 heteroatoms. The number of aryl methyl sites for hydroxylation is 1. The first-order chi connectivity index (χ1) is 9.25. The topological polar surface area (TPSA) is 26.3 Å². The summed E-state index contributed by atoms with van der Waals surface area (Å²) in [5.41, 5.74) is 2.97. The predicted molar refractivity (Wildman–Crippen MR) is 74.8 cm³/mol. The van der Waals surface area contributed by atoms with E-state index in [0.29, 0.717) is 6.61 Å². The van der Waals surface area contributed by atoms with Crippen LogP contribution < -0.4 is 4.74 Å². The number of Topliss-reactive ketones (excluding diaryl/α,β-unsaturated/α-hetero) is 1. The minimum atomic E-state index is -0.0762. The lowest BCUT2D eigenvalue weighted by Crippen LogP contribution is -2.21. The standard InChI is InChI=1S/C17H16O2/c1-12-6-8-13(9-7-12)17(18)15-10-11-19-16-5-3-2-4-14(15)16/h2-9,15H,10-11H2,1H3. The van der Waals surface area contributed by atoms with Crippen molar-refractivity contribution in [3.8, 4) is 5.75 Å². The number of ether oxygens (including phenoxy) is 1. The molecule has 0 saturated heterocycles. The van der Waals surface area contributed by atoms with E-state index < -0.39 is 0 Å². The van der Waals surface area contributed by atoms with Gasteiger partial charge in [-0.25, -0.2) is 0 Å². The predicted octanol–water partition coefficient (Wildman–Crippen LogP) is 3.74. The second-order valence-corrected chi connectivity index (χ2v) is 4.96. The normalized spacial score (nSPS) is 17.4. The Balaban J connectivity index is 1.95. The van der Waals surface area contributed by atoms with Gasteiger partial charge in [-0.3, -0.25) is 4.79 Å². The molecule has 0 amide bonds. The minimum Gasteiger partial charge on any atom is -0.493 e. The molecule has 3 rings (SSSR count). The fourth-order valence-electron chi connectivity index (χ4n) is 2.53. The third-order valence-electron chi connectivity index (χ3n) is 3.61. The van der Waals surface area contributed by atoms with Crippen LogP contribution in [0.3, 0.4) is 0 Å². The number of hydrogen-bond acceptors (Lipinski definition) is 2. The van der Waals surface area contributed by atoms with Gasteiger partial charge < -0.3 is 4.74 Å². The van der Waals surface area contributed by atoms with Crippen molar-refractivity contribution in [3.05, 3.63) is 65.2 Å². The van der Waals surface area contributed by atoms with Gasteiger partial charge in [0, 0.05) is 11.1 Å². The fraction of sp³-hybridized carbons (Fsp3) is 0.235. The largest absolute Gasteiger partial charge is 0.493 e. The summed E-state index contributed by atoms with van der Waals surface area (Å²) in [6, 6.07) is 15.6. The highest BCUT2D eigenvalue weighted by Gasteiger charge is 2.27. The van der Waals surface area contributed by atoms with Crippen LogP contribution in [0.2, 0.25) is 0 Å². The quantitative estimate of drug-likeness (QED) is 0.761. The highest BCUT2D eigenvalue weighted by Crippen LogP contribution is 2.35. The summed E-state index contributed by atoms with van der Waals surface area (Å²) in [5, 5.41) is 0. The molecule has 19 heavy (non-hydrogen) atoms. The van der Waals surface area contributed by atoms with Gasteiger partial charge in [-0.2, -0.15) is 0 Å². The smallest absolute Gasteiger partial charge is 0.170 e. The summed E-state index contributed by atoms with van der Waals surface area (Å²) in [4.78, 5) is 12.6. The molecule has 0 aromatic heterocycles. The van der Waals surface area contributed by atoms with Crippen LogP contribution in [0.1, 0.15) is 33.8 Å². The average molecular weight is 252 g/mol. The van der Waals surface area contributed by atoms with Gasteiger partial charge in [0.25, 0.3) is 0 Å². The van der Waals surface area contributed by atoms with Crippen molar-refractivity contribution < 1.29 is 9.53 Å². The Labute approximate surface area is 113 Å². The summed E-state index contributed by atoms with van der Waals surface area (Å²) in [6.45, 7) is 2.64. The molecule has 2 aromatic rings. The van der Waals surface area contributed by atoms with E-state index in [4.69, 9.17) is 4.74 Å². The first-order valence-corrected chi connectivity index (χ1v) is 6.58. The monoisotopic (exact) mass is 252 g/mol. The molecule has 0 bridgehead atoms. The number of carbonyl (C=O) groups excluding carboxylic acids is 1. The maximum Gasteiger partial charge on any atom is 0.170 e. The van der Waals surface area contributed by atoms with E-state index in [0.717, 1.165) is 23.3 Å². The maximum atomic E-state index is 12.6. The zero-order chi connectivity index (χ0) is 13.2. The number of benzene rings is 2. The summed E-state index contributed by atoms with van der Waals surface area (Å²) in [7, 11) is 0. The van der Waals surface area contributed by atoms with Crippen molar-refractivity contribution in [3.63, 3.8) is 0 Å².